The Morgan fingerprint density at radius 3 is 2.88 bits per heavy atom. The van der Waals surface area contributed by atoms with Crippen molar-refractivity contribution >= 4 is 5.95 Å². The molecule has 0 aromatic rings. The Kier molecular flexibility index (Phi) is 2.43. The van der Waals surface area contributed by atoms with Gasteiger partial charge in [-0.1, -0.05) is 13.3 Å². The van der Waals surface area contributed by atoms with Crippen molar-refractivity contribution in [1.82, 2.24) is 19.7 Å². The molecule has 0 bridgehead atoms. The van der Waals surface area contributed by atoms with Gasteiger partial charge in [0.1, 0.15) is 0 Å². The van der Waals surface area contributed by atoms with Gasteiger partial charge in [-0.2, -0.15) is 14.7 Å². The first-order chi connectivity index (χ1) is 7.61. The second-order valence-corrected chi connectivity index (χ2v) is 3.39. The Bertz CT molecular complexity index is 550. The first kappa shape index (κ1) is 10.3. The Morgan fingerprint density at radius 1 is 1.44 bits per heavy atom. The quantitative estimate of drug-likeness (QED) is 0.686. The highest BCUT2D eigenvalue weighted by molar-refractivity contribution is 5.51. The van der Waals surface area contributed by atoms with Crippen molar-refractivity contribution < 1.29 is 5.21 Å². The van der Waals surface area contributed by atoms with E-state index in [1.807, 2.05) is 6.92 Å². The number of nitrogens with zero attached hydrogens (tertiary/aromatic N) is 4. The first-order valence-corrected chi connectivity index (χ1v) is 4.87. The summed E-state index contributed by atoms with van der Waals surface area (Å²) >= 11 is 0. The van der Waals surface area contributed by atoms with E-state index in [9.17, 15) is 10.0 Å². The lowest BCUT2D eigenvalue weighted by molar-refractivity contribution is 0.184. The number of anilines is 1. The molecule has 84 valence electrons. The molecule has 16 heavy (non-hydrogen) atoms. The molecule has 0 fully saturated rings. The Labute approximate surface area is 90.9 Å². The molecule has 0 radical (unpaired) electrons. The monoisotopic (exact) mass is 221 g/mol. The fourth-order valence-electron chi connectivity index (χ4n) is 1.45. The van der Waals surface area contributed by atoms with Crippen molar-refractivity contribution in [2.24, 2.45) is 0 Å². The number of aryl methyl sites for hydroxylation is 1. The number of hydrogen-bond acceptors (Lipinski definition) is 6. The third-order valence-electron chi connectivity index (χ3n) is 2.10. The number of nitrogens with two attached hydrogens (primary N) is 1. The van der Waals surface area contributed by atoms with E-state index in [-0.39, 0.29) is 17.5 Å². The fourth-order valence-corrected chi connectivity index (χ4v) is 1.45. The van der Waals surface area contributed by atoms with E-state index in [0.29, 0.717) is 12.1 Å². The van der Waals surface area contributed by atoms with E-state index < -0.39 is 5.56 Å². The smallest absolute Gasteiger partial charge is 0.302 e. The van der Waals surface area contributed by atoms with Crippen molar-refractivity contribution in [2.45, 2.75) is 19.8 Å². The number of fused-ring (bicyclic) bond motifs is 1. The van der Waals surface area contributed by atoms with Crippen LogP contribution in [0.25, 0.3) is 11.5 Å². The lowest BCUT2D eigenvalue weighted by Gasteiger charge is -2.09. The maximum atomic E-state index is 11.5. The van der Waals surface area contributed by atoms with Crippen LogP contribution in [0, 0.1) is 0 Å². The number of hydrogen-bond donors (Lipinski definition) is 2. The van der Waals surface area contributed by atoms with E-state index in [1.165, 1.54) is 6.20 Å². The molecular formula is C9H11N5O2. The Morgan fingerprint density at radius 2 is 2.19 bits per heavy atom. The molecule has 7 heteroatoms. The zero-order valence-electron chi connectivity index (χ0n) is 8.71. The van der Waals surface area contributed by atoms with Gasteiger partial charge in [0.2, 0.25) is 11.8 Å². The molecule has 3 N–H and O–H groups in total. The van der Waals surface area contributed by atoms with E-state index in [2.05, 4.69) is 15.0 Å². The van der Waals surface area contributed by atoms with E-state index in [1.54, 1.807) is 0 Å². The number of aromatic nitrogens is 4. The van der Waals surface area contributed by atoms with Crippen LogP contribution in [0.3, 0.4) is 0 Å². The molecule has 0 atom stereocenters. The van der Waals surface area contributed by atoms with Gasteiger partial charge in [-0.05, 0) is 6.42 Å². The molecule has 2 rings (SSSR count). The minimum absolute atomic E-state index is 0.0253. The van der Waals surface area contributed by atoms with Crippen LogP contribution in [-0.4, -0.2) is 24.9 Å². The summed E-state index contributed by atoms with van der Waals surface area (Å²) in [5, 5.41) is 9.62. The van der Waals surface area contributed by atoms with Gasteiger partial charge in [-0.3, -0.25) is 4.79 Å². The largest absolute Gasteiger partial charge is 0.427 e. The predicted octanol–water partition coefficient (Wildman–Crippen LogP) is -0.0899. The molecule has 0 aromatic heterocycles. The van der Waals surface area contributed by atoms with Crippen molar-refractivity contribution in [2.75, 3.05) is 5.73 Å². The van der Waals surface area contributed by atoms with E-state index in [4.69, 9.17) is 5.73 Å². The molecule has 0 unspecified atom stereocenters. The van der Waals surface area contributed by atoms with Gasteiger partial charge in [0.25, 0.3) is 0 Å². The van der Waals surface area contributed by atoms with Gasteiger partial charge in [0, 0.05) is 0 Å². The van der Waals surface area contributed by atoms with Gasteiger partial charge in [-0.15, -0.1) is 0 Å². The summed E-state index contributed by atoms with van der Waals surface area (Å²) in [7, 11) is 0. The van der Waals surface area contributed by atoms with Crippen LogP contribution in [0.1, 0.15) is 19.0 Å². The summed E-state index contributed by atoms with van der Waals surface area (Å²) in [4.78, 5) is 22.8. The highest BCUT2D eigenvalue weighted by Gasteiger charge is 2.16. The summed E-state index contributed by atoms with van der Waals surface area (Å²) in [5.74, 6) is -0.150. The molecule has 7 nitrogen and oxygen atoms in total. The zero-order valence-corrected chi connectivity index (χ0v) is 8.71. The summed E-state index contributed by atoms with van der Waals surface area (Å²) in [6, 6.07) is 0. The minimum atomic E-state index is -0.580. The lowest BCUT2D eigenvalue weighted by atomic mass is 10.2. The summed E-state index contributed by atoms with van der Waals surface area (Å²) in [5.41, 5.74) is 5.38. The minimum Gasteiger partial charge on any atom is -0.427 e. The molecule has 0 aromatic carbocycles. The van der Waals surface area contributed by atoms with Gasteiger partial charge in [0.15, 0.2) is 5.69 Å². The zero-order chi connectivity index (χ0) is 11.7. The third kappa shape index (κ3) is 1.67. The first-order valence-electron chi connectivity index (χ1n) is 4.87. The molecule has 2 aliphatic rings. The number of rotatable bonds is 2. The molecule has 0 spiro atoms. The average Bonchev–Trinajstić information content (AvgIpc) is 2.20. The highest BCUT2D eigenvalue weighted by Crippen LogP contribution is 2.13. The van der Waals surface area contributed by atoms with Crippen molar-refractivity contribution in [3.63, 3.8) is 0 Å². The van der Waals surface area contributed by atoms with E-state index in [0.717, 1.165) is 11.2 Å². The van der Waals surface area contributed by atoms with Crippen LogP contribution in [0.5, 0.6) is 0 Å². The second-order valence-electron chi connectivity index (χ2n) is 3.39. The molecule has 2 heterocycles. The fraction of sp³-hybridized carbons (Fsp3) is 0.333. The Hall–Kier alpha value is -2.18. The summed E-state index contributed by atoms with van der Waals surface area (Å²) < 4.78 is 0.757. The molecule has 2 aliphatic heterocycles. The normalized spacial score (nSPS) is 10.8. The maximum Gasteiger partial charge on any atom is 0.302 e. The SMILES string of the molecule is CCCc1cn(O)c2nc(N)nc(=O)c-2n1. The molecule has 0 aliphatic carbocycles. The van der Waals surface area contributed by atoms with Crippen LogP contribution < -0.4 is 11.3 Å². The summed E-state index contributed by atoms with van der Waals surface area (Å²) in [6.07, 6.45) is 2.94. The van der Waals surface area contributed by atoms with E-state index >= 15 is 0 Å². The average molecular weight is 221 g/mol. The predicted molar refractivity (Wildman–Crippen MR) is 56.3 cm³/mol. The third-order valence-corrected chi connectivity index (χ3v) is 2.10. The van der Waals surface area contributed by atoms with Crippen LogP contribution in [0.15, 0.2) is 11.0 Å². The van der Waals surface area contributed by atoms with Crippen LogP contribution >= 0.6 is 0 Å². The molecule has 0 saturated heterocycles. The standard InChI is InChI=1S/C9H11N5O2/c1-2-3-5-4-14(16)7-6(11-5)8(15)13-9(10)12-7/h4,16H,2-3H2,1H3,(H2,10,13,15). The van der Waals surface area contributed by atoms with Crippen molar-refractivity contribution in [3.05, 3.63) is 22.2 Å². The lowest BCUT2D eigenvalue weighted by Crippen LogP contribution is -2.21. The summed E-state index contributed by atoms with van der Waals surface area (Å²) in [6.45, 7) is 1.98. The van der Waals surface area contributed by atoms with Crippen molar-refractivity contribution in [3.8, 4) is 11.5 Å². The Balaban J connectivity index is 2.71. The molecular weight excluding hydrogens is 210 g/mol. The van der Waals surface area contributed by atoms with Gasteiger partial charge < -0.3 is 10.9 Å². The topological polar surface area (TPSA) is 107 Å². The van der Waals surface area contributed by atoms with Crippen molar-refractivity contribution in [1.29, 1.82) is 0 Å². The van der Waals surface area contributed by atoms with Gasteiger partial charge in [0.05, 0.1) is 11.9 Å². The van der Waals surface area contributed by atoms with Crippen LogP contribution in [0.4, 0.5) is 5.95 Å². The molecule has 0 saturated carbocycles. The second kappa shape index (κ2) is 3.76. The van der Waals surface area contributed by atoms with Crippen LogP contribution in [-0.2, 0) is 6.42 Å². The number of nitrogen functional groups attached to an aromatic ring is 1. The highest BCUT2D eigenvalue weighted by atomic mass is 16.5. The maximum absolute atomic E-state index is 11.5. The van der Waals surface area contributed by atoms with Gasteiger partial charge >= 0.3 is 5.56 Å². The van der Waals surface area contributed by atoms with Crippen LogP contribution in [0.2, 0.25) is 0 Å². The van der Waals surface area contributed by atoms with Gasteiger partial charge in [-0.25, -0.2) is 4.98 Å². The molecule has 0 amide bonds.